The lowest BCUT2D eigenvalue weighted by Gasteiger charge is -2.13. The SMILES string of the molecule is COc1ccc(C(=O)Nc2ccc(C)c(S(=O)(=O)NC(C)C)c2)cn1. The van der Waals surface area contributed by atoms with Crippen LogP contribution in [0.4, 0.5) is 5.69 Å². The molecule has 0 spiro atoms. The molecule has 0 fully saturated rings. The van der Waals surface area contributed by atoms with Crippen LogP contribution in [0.3, 0.4) is 0 Å². The summed E-state index contributed by atoms with van der Waals surface area (Å²) < 4.78 is 32.3. The predicted molar refractivity (Wildman–Crippen MR) is 95.4 cm³/mol. The number of aryl methyl sites for hydroxylation is 1. The topological polar surface area (TPSA) is 97.4 Å². The van der Waals surface area contributed by atoms with Gasteiger partial charge in [0.15, 0.2) is 0 Å². The largest absolute Gasteiger partial charge is 0.481 e. The number of carbonyl (C=O) groups excluding carboxylic acids is 1. The van der Waals surface area contributed by atoms with Gasteiger partial charge in [0, 0.05) is 24.0 Å². The number of aromatic nitrogens is 1. The molecular formula is C17H21N3O4S. The monoisotopic (exact) mass is 363 g/mol. The molecule has 7 nitrogen and oxygen atoms in total. The Labute approximate surface area is 147 Å². The van der Waals surface area contributed by atoms with Crippen molar-refractivity contribution < 1.29 is 17.9 Å². The Kier molecular flexibility index (Phi) is 5.76. The van der Waals surface area contributed by atoms with E-state index < -0.39 is 10.0 Å². The second-order valence-corrected chi connectivity index (χ2v) is 7.48. The number of hydrogen-bond donors (Lipinski definition) is 2. The first-order valence-corrected chi connectivity index (χ1v) is 9.15. The molecule has 0 aliphatic rings. The number of benzene rings is 1. The van der Waals surface area contributed by atoms with Crippen molar-refractivity contribution >= 4 is 21.6 Å². The van der Waals surface area contributed by atoms with E-state index >= 15 is 0 Å². The van der Waals surface area contributed by atoms with Crippen molar-refractivity contribution in [3.8, 4) is 5.88 Å². The summed E-state index contributed by atoms with van der Waals surface area (Å²) in [6.07, 6.45) is 1.39. The molecule has 2 aromatic rings. The van der Waals surface area contributed by atoms with Crippen molar-refractivity contribution in [2.75, 3.05) is 12.4 Å². The number of methoxy groups -OCH3 is 1. The number of sulfonamides is 1. The van der Waals surface area contributed by atoms with E-state index in [1.165, 1.54) is 19.4 Å². The second-order valence-electron chi connectivity index (χ2n) is 5.80. The Balaban J connectivity index is 2.25. The summed E-state index contributed by atoms with van der Waals surface area (Å²) in [6.45, 7) is 5.19. The van der Waals surface area contributed by atoms with Gasteiger partial charge in [-0.3, -0.25) is 4.79 Å². The average Bonchev–Trinajstić information content (AvgIpc) is 2.55. The van der Waals surface area contributed by atoms with Gasteiger partial charge in [-0.1, -0.05) is 6.07 Å². The van der Waals surface area contributed by atoms with E-state index in [0.717, 1.165) is 0 Å². The summed E-state index contributed by atoms with van der Waals surface area (Å²) in [4.78, 5) is 16.4. The first-order valence-electron chi connectivity index (χ1n) is 7.67. The molecule has 0 aliphatic carbocycles. The lowest BCUT2D eigenvalue weighted by Crippen LogP contribution is -2.30. The Morgan fingerprint density at radius 1 is 1.20 bits per heavy atom. The van der Waals surface area contributed by atoms with Crippen LogP contribution in [0, 0.1) is 6.92 Å². The second kappa shape index (κ2) is 7.62. The van der Waals surface area contributed by atoms with Crippen molar-refractivity contribution in [2.24, 2.45) is 0 Å². The van der Waals surface area contributed by atoms with Crippen molar-refractivity contribution in [1.29, 1.82) is 0 Å². The molecule has 0 unspecified atom stereocenters. The standard InChI is InChI=1S/C17H21N3O4S/c1-11(2)20-25(22,23)15-9-14(7-5-12(15)3)19-17(21)13-6-8-16(24-4)18-10-13/h5-11,20H,1-4H3,(H,19,21). The van der Waals surface area contributed by atoms with E-state index in [4.69, 9.17) is 4.74 Å². The molecular weight excluding hydrogens is 342 g/mol. The number of hydrogen-bond acceptors (Lipinski definition) is 5. The molecule has 2 N–H and O–H groups in total. The number of carbonyl (C=O) groups is 1. The molecule has 0 bridgehead atoms. The molecule has 8 heteroatoms. The third-order valence-corrected chi connectivity index (χ3v) is 5.13. The number of nitrogens with one attached hydrogen (secondary N) is 2. The maximum Gasteiger partial charge on any atom is 0.257 e. The average molecular weight is 363 g/mol. The number of pyridine rings is 1. The third-order valence-electron chi connectivity index (χ3n) is 3.33. The Bertz CT molecular complexity index is 862. The van der Waals surface area contributed by atoms with E-state index in [-0.39, 0.29) is 16.8 Å². The minimum atomic E-state index is -3.65. The van der Waals surface area contributed by atoms with Gasteiger partial charge in [0.1, 0.15) is 0 Å². The predicted octanol–water partition coefficient (Wildman–Crippen LogP) is 2.34. The molecule has 0 saturated heterocycles. The Morgan fingerprint density at radius 2 is 1.92 bits per heavy atom. The van der Waals surface area contributed by atoms with Crippen LogP contribution in [0.15, 0.2) is 41.4 Å². The summed E-state index contributed by atoms with van der Waals surface area (Å²) >= 11 is 0. The lowest BCUT2D eigenvalue weighted by atomic mass is 10.2. The Hall–Kier alpha value is -2.45. The van der Waals surface area contributed by atoms with Gasteiger partial charge in [0.25, 0.3) is 5.91 Å². The first kappa shape index (κ1) is 18.9. The molecule has 0 aliphatic heterocycles. The van der Waals surface area contributed by atoms with Crippen LogP contribution < -0.4 is 14.8 Å². The maximum absolute atomic E-state index is 12.4. The van der Waals surface area contributed by atoms with E-state index in [1.54, 1.807) is 45.0 Å². The fourth-order valence-corrected chi connectivity index (χ4v) is 3.70. The summed E-state index contributed by atoms with van der Waals surface area (Å²) in [5.74, 6) is 0.0131. The highest BCUT2D eigenvalue weighted by Gasteiger charge is 2.19. The summed E-state index contributed by atoms with van der Waals surface area (Å²) in [7, 11) is -2.16. The van der Waals surface area contributed by atoms with Gasteiger partial charge in [-0.05, 0) is 44.5 Å². The van der Waals surface area contributed by atoms with Crippen LogP contribution in [0.2, 0.25) is 0 Å². The molecule has 25 heavy (non-hydrogen) atoms. The quantitative estimate of drug-likeness (QED) is 0.821. The third kappa shape index (κ3) is 4.77. The van der Waals surface area contributed by atoms with Crippen molar-refractivity contribution in [3.63, 3.8) is 0 Å². The molecule has 0 atom stereocenters. The lowest BCUT2D eigenvalue weighted by molar-refractivity contribution is 0.102. The summed E-state index contributed by atoms with van der Waals surface area (Å²) in [5.41, 5.74) is 1.32. The summed E-state index contributed by atoms with van der Waals surface area (Å²) in [6, 6.07) is 7.66. The number of amides is 1. The highest BCUT2D eigenvalue weighted by atomic mass is 32.2. The van der Waals surface area contributed by atoms with Gasteiger partial charge >= 0.3 is 0 Å². The van der Waals surface area contributed by atoms with Crippen LogP contribution in [0.5, 0.6) is 5.88 Å². The van der Waals surface area contributed by atoms with E-state index in [1.807, 2.05) is 0 Å². The minimum Gasteiger partial charge on any atom is -0.481 e. The number of anilines is 1. The van der Waals surface area contributed by atoms with Gasteiger partial charge < -0.3 is 10.1 Å². The smallest absolute Gasteiger partial charge is 0.257 e. The van der Waals surface area contributed by atoms with E-state index in [0.29, 0.717) is 22.7 Å². The number of rotatable bonds is 6. The zero-order valence-corrected chi connectivity index (χ0v) is 15.3. The molecule has 134 valence electrons. The van der Waals surface area contributed by atoms with E-state index in [9.17, 15) is 13.2 Å². The zero-order valence-electron chi connectivity index (χ0n) is 14.5. The van der Waals surface area contributed by atoms with Gasteiger partial charge in [-0.25, -0.2) is 18.1 Å². The zero-order chi connectivity index (χ0) is 18.6. The molecule has 1 amide bonds. The minimum absolute atomic E-state index is 0.131. The molecule has 0 saturated carbocycles. The number of ether oxygens (including phenoxy) is 1. The van der Waals surface area contributed by atoms with Crippen molar-refractivity contribution in [3.05, 3.63) is 47.7 Å². The number of nitrogens with zero attached hydrogens (tertiary/aromatic N) is 1. The first-order chi connectivity index (χ1) is 11.7. The van der Waals surface area contributed by atoms with Gasteiger partial charge in [-0.2, -0.15) is 0 Å². The Morgan fingerprint density at radius 3 is 2.48 bits per heavy atom. The fraction of sp³-hybridized carbons (Fsp3) is 0.294. The van der Waals surface area contributed by atoms with Crippen molar-refractivity contribution in [2.45, 2.75) is 31.7 Å². The molecule has 2 rings (SSSR count). The van der Waals surface area contributed by atoms with Crippen LogP contribution in [-0.4, -0.2) is 32.5 Å². The van der Waals surface area contributed by atoms with Crippen LogP contribution in [-0.2, 0) is 10.0 Å². The highest BCUT2D eigenvalue weighted by Crippen LogP contribution is 2.21. The maximum atomic E-state index is 12.4. The molecule has 1 aromatic heterocycles. The molecule has 0 radical (unpaired) electrons. The van der Waals surface area contributed by atoms with Crippen LogP contribution in [0.1, 0.15) is 29.8 Å². The molecule has 1 aromatic carbocycles. The normalized spacial score (nSPS) is 11.4. The van der Waals surface area contributed by atoms with Crippen molar-refractivity contribution in [1.82, 2.24) is 9.71 Å². The fourth-order valence-electron chi connectivity index (χ4n) is 2.18. The molecule has 1 heterocycles. The summed E-state index contributed by atoms with van der Waals surface area (Å²) in [5, 5.41) is 2.68. The highest BCUT2D eigenvalue weighted by molar-refractivity contribution is 7.89. The van der Waals surface area contributed by atoms with Crippen LogP contribution >= 0.6 is 0 Å². The van der Waals surface area contributed by atoms with Gasteiger partial charge in [0.05, 0.1) is 17.6 Å². The van der Waals surface area contributed by atoms with Crippen LogP contribution in [0.25, 0.3) is 0 Å². The van der Waals surface area contributed by atoms with Gasteiger partial charge in [0.2, 0.25) is 15.9 Å². The van der Waals surface area contributed by atoms with Gasteiger partial charge in [-0.15, -0.1) is 0 Å². The van der Waals surface area contributed by atoms with E-state index in [2.05, 4.69) is 15.0 Å².